The van der Waals surface area contributed by atoms with Crippen molar-refractivity contribution < 1.29 is 13.2 Å². The number of nitrogens with two attached hydrogens (primary N) is 1. The van der Waals surface area contributed by atoms with E-state index in [4.69, 9.17) is 10.5 Å². The van der Waals surface area contributed by atoms with E-state index in [2.05, 4.69) is 0 Å². The third-order valence-electron chi connectivity index (χ3n) is 3.59. The van der Waals surface area contributed by atoms with Crippen molar-refractivity contribution in [2.75, 3.05) is 25.4 Å². The summed E-state index contributed by atoms with van der Waals surface area (Å²) >= 11 is 0. The van der Waals surface area contributed by atoms with Crippen LogP contribution in [0.25, 0.3) is 0 Å². The van der Waals surface area contributed by atoms with Gasteiger partial charge in [0.15, 0.2) is 0 Å². The van der Waals surface area contributed by atoms with Crippen molar-refractivity contribution in [3.63, 3.8) is 0 Å². The molecule has 0 atom stereocenters. The largest absolute Gasteiger partial charge is 0.398 e. The molecule has 1 aromatic carbocycles. The average molecular weight is 298 g/mol. The topological polar surface area (TPSA) is 72.6 Å². The Morgan fingerprint density at radius 1 is 1.35 bits per heavy atom. The van der Waals surface area contributed by atoms with Gasteiger partial charge in [-0.3, -0.25) is 0 Å². The van der Waals surface area contributed by atoms with E-state index in [1.54, 1.807) is 18.2 Å². The van der Waals surface area contributed by atoms with E-state index >= 15 is 0 Å². The second kappa shape index (κ2) is 6.11. The van der Waals surface area contributed by atoms with Crippen LogP contribution in [0.1, 0.15) is 25.3 Å². The van der Waals surface area contributed by atoms with E-state index in [1.165, 1.54) is 4.31 Å². The molecule has 112 valence electrons. The molecule has 0 radical (unpaired) electrons. The smallest absolute Gasteiger partial charge is 0.245 e. The van der Waals surface area contributed by atoms with Crippen LogP contribution < -0.4 is 5.73 Å². The summed E-state index contributed by atoms with van der Waals surface area (Å²) in [5.74, 6) is 0. The van der Waals surface area contributed by atoms with E-state index < -0.39 is 10.0 Å². The summed E-state index contributed by atoms with van der Waals surface area (Å²) in [5, 5.41) is 0. The molecule has 6 heteroatoms. The van der Waals surface area contributed by atoms with Crippen molar-refractivity contribution in [3.05, 3.63) is 23.8 Å². The van der Waals surface area contributed by atoms with Crippen LogP contribution in [0.3, 0.4) is 0 Å². The van der Waals surface area contributed by atoms with Gasteiger partial charge in [-0.2, -0.15) is 4.31 Å². The fraction of sp³-hybridized carbons (Fsp3) is 0.571. The molecule has 0 aromatic heterocycles. The van der Waals surface area contributed by atoms with E-state index in [9.17, 15) is 8.42 Å². The molecule has 1 fully saturated rings. The fourth-order valence-electron chi connectivity index (χ4n) is 2.52. The summed E-state index contributed by atoms with van der Waals surface area (Å²) in [5.41, 5.74) is 7.13. The lowest BCUT2D eigenvalue weighted by atomic mass is 10.1. The first-order valence-corrected chi connectivity index (χ1v) is 8.37. The van der Waals surface area contributed by atoms with Gasteiger partial charge >= 0.3 is 0 Å². The lowest BCUT2D eigenvalue weighted by molar-refractivity contribution is 0.0290. The molecule has 1 saturated heterocycles. The number of benzene rings is 1. The van der Waals surface area contributed by atoms with Crippen LogP contribution in [-0.2, 0) is 14.8 Å². The first-order chi connectivity index (χ1) is 9.45. The van der Waals surface area contributed by atoms with Crippen LogP contribution in [-0.4, -0.2) is 38.5 Å². The van der Waals surface area contributed by atoms with Gasteiger partial charge in [0, 0.05) is 19.7 Å². The predicted molar refractivity (Wildman–Crippen MR) is 79.0 cm³/mol. The summed E-state index contributed by atoms with van der Waals surface area (Å²) in [7, 11) is -3.50. The molecular formula is C14H22N2O3S. The zero-order chi connectivity index (χ0) is 14.8. The predicted octanol–water partition coefficient (Wildman–Crippen LogP) is 1.77. The monoisotopic (exact) mass is 298 g/mol. The van der Waals surface area contributed by atoms with Gasteiger partial charge in [0.1, 0.15) is 4.90 Å². The maximum absolute atomic E-state index is 12.6. The van der Waals surface area contributed by atoms with Crippen molar-refractivity contribution in [2.45, 2.75) is 37.7 Å². The number of nitrogen functional groups attached to an aromatic ring is 1. The Morgan fingerprint density at radius 3 is 2.55 bits per heavy atom. The summed E-state index contributed by atoms with van der Waals surface area (Å²) in [4.78, 5) is 0.206. The Kier molecular flexibility index (Phi) is 4.67. The van der Waals surface area contributed by atoms with Crippen molar-refractivity contribution in [1.82, 2.24) is 4.31 Å². The number of anilines is 1. The molecule has 2 rings (SSSR count). The third-order valence-corrected chi connectivity index (χ3v) is 5.56. The van der Waals surface area contributed by atoms with E-state index in [1.807, 2.05) is 13.8 Å². The summed E-state index contributed by atoms with van der Waals surface area (Å²) in [6.07, 6.45) is 1.64. The average Bonchev–Trinajstić information content (AvgIpc) is 2.39. The molecule has 0 amide bonds. The summed E-state index contributed by atoms with van der Waals surface area (Å²) in [6, 6.07) is 5.06. The Hall–Kier alpha value is -1.11. The minimum Gasteiger partial charge on any atom is -0.398 e. The number of sulfonamides is 1. The number of piperidine rings is 1. The number of aryl methyl sites for hydroxylation is 1. The molecule has 0 spiro atoms. The quantitative estimate of drug-likeness (QED) is 0.860. The van der Waals surface area contributed by atoms with Gasteiger partial charge in [-0.25, -0.2) is 8.42 Å². The van der Waals surface area contributed by atoms with Crippen LogP contribution in [0, 0.1) is 6.92 Å². The Labute approximate surface area is 120 Å². The van der Waals surface area contributed by atoms with Gasteiger partial charge in [0.05, 0.1) is 11.8 Å². The molecule has 5 nitrogen and oxygen atoms in total. The molecular weight excluding hydrogens is 276 g/mol. The van der Waals surface area contributed by atoms with E-state index in [-0.39, 0.29) is 11.0 Å². The second-order valence-corrected chi connectivity index (χ2v) is 7.01. The Bertz CT molecular complexity index is 564. The highest BCUT2D eigenvalue weighted by molar-refractivity contribution is 7.89. The van der Waals surface area contributed by atoms with Gasteiger partial charge < -0.3 is 10.5 Å². The van der Waals surface area contributed by atoms with Crippen molar-refractivity contribution in [2.24, 2.45) is 0 Å². The highest BCUT2D eigenvalue weighted by Crippen LogP contribution is 2.26. The molecule has 0 saturated carbocycles. The van der Waals surface area contributed by atoms with Crippen LogP contribution in [0.5, 0.6) is 0 Å². The Balaban J connectivity index is 2.15. The molecule has 1 aliphatic heterocycles. The van der Waals surface area contributed by atoms with Crippen LogP contribution in [0.2, 0.25) is 0 Å². The standard InChI is InChI=1S/C14H22N2O3S/c1-3-19-12-6-8-16(9-7-12)20(17,18)14-5-4-11(2)10-13(14)15/h4-5,10,12H,3,6-9,15H2,1-2H3. The molecule has 1 aliphatic rings. The summed E-state index contributed by atoms with van der Waals surface area (Å²) < 4.78 is 32.2. The van der Waals surface area contributed by atoms with Gasteiger partial charge in [0.2, 0.25) is 10.0 Å². The SMILES string of the molecule is CCOC1CCN(S(=O)(=O)c2ccc(C)cc2N)CC1. The first-order valence-electron chi connectivity index (χ1n) is 6.93. The molecule has 0 aliphatic carbocycles. The Morgan fingerprint density at radius 2 is 2.00 bits per heavy atom. The molecule has 20 heavy (non-hydrogen) atoms. The van der Waals surface area contributed by atoms with Crippen LogP contribution in [0.4, 0.5) is 5.69 Å². The normalized spacial score (nSPS) is 18.3. The van der Waals surface area contributed by atoms with Crippen molar-refractivity contribution in [3.8, 4) is 0 Å². The summed E-state index contributed by atoms with van der Waals surface area (Å²) in [6.45, 7) is 5.49. The minimum atomic E-state index is -3.50. The molecule has 1 heterocycles. The van der Waals surface area contributed by atoms with Gasteiger partial charge in [-0.15, -0.1) is 0 Å². The second-order valence-electron chi connectivity index (χ2n) is 5.10. The number of nitrogens with zero attached hydrogens (tertiary/aromatic N) is 1. The van der Waals surface area contributed by atoms with Gasteiger partial charge in [-0.05, 0) is 44.4 Å². The highest BCUT2D eigenvalue weighted by atomic mass is 32.2. The molecule has 0 bridgehead atoms. The highest BCUT2D eigenvalue weighted by Gasteiger charge is 2.30. The van der Waals surface area contributed by atoms with Crippen LogP contribution >= 0.6 is 0 Å². The first kappa shape index (κ1) is 15.3. The third kappa shape index (κ3) is 3.13. The fourth-order valence-corrected chi connectivity index (χ4v) is 4.08. The zero-order valence-electron chi connectivity index (χ0n) is 12.0. The lowest BCUT2D eigenvalue weighted by Gasteiger charge is -2.31. The molecule has 0 unspecified atom stereocenters. The minimum absolute atomic E-state index is 0.168. The number of ether oxygens (including phenoxy) is 1. The number of hydrogen-bond donors (Lipinski definition) is 1. The molecule has 1 aromatic rings. The zero-order valence-corrected chi connectivity index (χ0v) is 12.8. The maximum atomic E-state index is 12.6. The van der Waals surface area contributed by atoms with Crippen molar-refractivity contribution >= 4 is 15.7 Å². The maximum Gasteiger partial charge on any atom is 0.245 e. The number of rotatable bonds is 4. The number of hydrogen-bond acceptors (Lipinski definition) is 4. The lowest BCUT2D eigenvalue weighted by Crippen LogP contribution is -2.41. The van der Waals surface area contributed by atoms with E-state index in [0.717, 1.165) is 18.4 Å². The van der Waals surface area contributed by atoms with Crippen LogP contribution in [0.15, 0.2) is 23.1 Å². The van der Waals surface area contributed by atoms with Gasteiger partial charge in [-0.1, -0.05) is 6.07 Å². The van der Waals surface area contributed by atoms with E-state index in [0.29, 0.717) is 25.4 Å². The van der Waals surface area contributed by atoms with Gasteiger partial charge in [0.25, 0.3) is 0 Å². The molecule has 2 N–H and O–H groups in total. The van der Waals surface area contributed by atoms with Crippen molar-refractivity contribution in [1.29, 1.82) is 0 Å².